The van der Waals surface area contributed by atoms with Gasteiger partial charge >= 0.3 is 0 Å². The van der Waals surface area contributed by atoms with Crippen LogP contribution in [-0.2, 0) is 11.3 Å². The molecule has 100 valence electrons. The molecule has 1 aliphatic heterocycles. The van der Waals surface area contributed by atoms with Gasteiger partial charge in [0, 0.05) is 24.5 Å². The van der Waals surface area contributed by atoms with Crippen molar-refractivity contribution in [1.29, 1.82) is 0 Å². The third-order valence-corrected chi connectivity index (χ3v) is 4.35. The fourth-order valence-electron chi connectivity index (χ4n) is 3.11. The molecule has 0 bridgehead atoms. The molecule has 4 heteroatoms. The molecule has 1 saturated heterocycles. The van der Waals surface area contributed by atoms with E-state index in [9.17, 15) is 0 Å². The van der Waals surface area contributed by atoms with Crippen LogP contribution >= 0.6 is 0 Å². The molecule has 1 aliphatic carbocycles. The lowest BCUT2D eigenvalue weighted by atomic mass is 10.1. The van der Waals surface area contributed by atoms with Crippen LogP contribution in [0, 0.1) is 5.92 Å². The lowest BCUT2D eigenvalue weighted by molar-refractivity contribution is -0.0201. The lowest BCUT2D eigenvalue weighted by Crippen LogP contribution is -2.46. The maximum atomic E-state index is 5.65. The van der Waals surface area contributed by atoms with E-state index in [1.54, 1.807) is 0 Å². The second-order valence-corrected chi connectivity index (χ2v) is 5.67. The first-order valence-electron chi connectivity index (χ1n) is 7.15. The minimum Gasteiger partial charge on any atom is -0.378 e. The number of nitrogens with one attached hydrogen (secondary N) is 1. The molecule has 2 heterocycles. The van der Waals surface area contributed by atoms with Gasteiger partial charge in [0.1, 0.15) is 0 Å². The van der Waals surface area contributed by atoms with Gasteiger partial charge in [-0.2, -0.15) is 5.10 Å². The van der Waals surface area contributed by atoms with Gasteiger partial charge in [-0.25, -0.2) is 0 Å². The molecule has 4 rings (SSSR count). The Labute approximate surface area is 112 Å². The van der Waals surface area contributed by atoms with Crippen LogP contribution in [0.3, 0.4) is 0 Å². The van der Waals surface area contributed by atoms with Crippen molar-refractivity contribution in [3.8, 4) is 0 Å². The van der Waals surface area contributed by atoms with Crippen molar-refractivity contribution >= 4 is 10.9 Å². The first kappa shape index (κ1) is 11.4. The summed E-state index contributed by atoms with van der Waals surface area (Å²) in [5.74, 6) is 0.856. The van der Waals surface area contributed by atoms with Crippen LogP contribution in [0.1, 0.15) is 18.5 Å². The van der Waals surface area contributed by atoms with E-state index in [1.807, 2.05) is 6.07 Å². The van der Waals surface area contributed by atoms with Gasteiger partial charge in [-0.1, -0.05) is 18.2 Å². The summed E-state index contributed by atoms with van der Waals surface area (Å²) in [5, 5.41) is 8.85. The van der Waals surface area contributed by atoms with E-state index in [2.05, 4.69) is 33.3 Å². The highest BCUT2D eigenvalue weighted by atomic mass is 16.5. The van der Waals surface area contributed by atoms with E-state index in [1.165, 1.54) is 23.9 Å². The molecule has 2 aliphatic rings. The van der Waals surface area contributed by atoms with Crippen LogP contribution in [0.2, 0.25) is 0 Å². The van der Waals surface area contributed by atoms with Gasteiger partial charge in [-0.05, 0) is 24.8 Å². The van der Waals surface area contributed by atoms with Crippen LogP contribution < -0.4 is 0 Å². The number of para-hydroxylation sites is 1. The van der Waals surface area contributed by atoms with Gasteiger partial charge in [0.05, 0.1) is 24.4 Å². The Balaban J connectivity index is 1.59. The van der Waals surface area contributed by atoms with E-state index < -0.39 is 0 Å². The molecule has 1 aromatic heterocycles. The average molecular weight is 257 g/mol. The van der Waals surface area contributed by atoms with Gasteiger partial charge in [0.25, 0.3) is 0 Å². The molecule has 1 aromatic carbocycles. The van der Waals surface area contributed by atoms with Crippen LogP contribution in [0.25, 0.3) is 10.9 Å². The molecule has 4 nitrogen and oxygen atoms in total. The summed E-state index contributed by atoms with van der Waals surface area (Å²) in [6.07, 6.45) is 2.74. The Morgan fingerprint density at radius 1 is 1.32 bits per heavy atom. The zero-order chi connectivity index (χ0) is 12.7. The summed E-state index contributed by atoms with van der Waals surface area (Å²) in [6, 6.07) is 8.94. The standard InChI is InChI=1S/C15H19N3O/c1-2-4-13-12(3-1)14(17-16-13)9-18-7-8-19-10-15(18)11-5-6-11/h1-4,11,15H,5-10H2,(H,16,17). The minimum absolute atomic E-state index is 0.607. The summed E-state index contributed by atoms with van der Waals surface area (Å²) in [7, 11) is 0. The third kappa shape index (κ3) is 2.15. The van der Waals surface area contributed by atoms with Crippen molar-refractivity contribution in [2.45, 2.75) is 25.4 Å². The van der Waals surface area contributed by atoms with Crippen LogP contribution in [0.15, 0.2) is 24.3 Å². The minimum atomic E-state index is 0.607. The van der Waals surface area contributed by atoms with Gasteiger partial charge < -0.3 is 4.74 Å². The Bertz CT molecular complexity index is 576. The van der Waals surface area contributed by atoms with Crippen molar-refractivity contribution in [3.63, 3.8) is 0 Å². The number of morpholine rings is 1. The van der Waals surface area contributed by atoms with Gasteiger partial charge in [0.15, 0.2) is 0 Å². The fraction of sp³-hybridized carbons (Fsp3) is 0.533. The number of hydrogen-bond donors (Lipinski definition) is 1. The maximum absolute atomic E-state index is 5.65. The largest absolute Gasteiger partial charge is 0.378 e. The van der Waals surface area contributed by atoms with Gasteiger partial charge in [-0.3, -0.25) is 10.00 Å². The van der Waals surface area contributed by atoms with Crippen molar-refractivity contribution < 1.29 is 4.74 Å². The second-order valence-electron chi connectivity index (χ2n) is 5.67. The number of benzene rings is 1. The Kier molecular flexibility index (Phi) is 2.78. The number of fused-ring (bicyclic) bond motifs is 1. The van der Waals surface area contributed by atoms with Gasteiger partial charge in [-0.15, -0.1) is 0 Å². The zero-order valence-electron chi connectivity index (χ0n) is 11.0. The quantitative estimate of drug-likeness (QED) is 0.916. The normalized spacial score (nSPS) is 24.9. The third-order valence-electron chi connectivity index (χ3n) is 4.35. The Hall–Kier alpha value is -1.39. The Morgan fingerprint density at radius 2 is 2.21 bits per heavy atom. The first-order valence-corrected chi connectivity index (χ1v) is 7.15. The number of aromatic amines is 1. The predicted molar refractivity (Wildman–Crippen MR) is 73.8 cm³/mol. The van der Waals surface area contributed by atoms with Crippen molar-refractivity contribution in [2.24, 2.45) is 5.92 Å². The number of ether oxygens (including phenoxy) is 1. The first-order chi connectivity index (χ1) is 9.42. The average Bonchev–Trinajstić information content (AvgIpc) is 3.22. The fourth-order valence-corrected chi connectivity index (χ4v) is 3.11. The monoisotopic (exact) mass is 257 g/mol. The highest BCUT2D eigenvalue weighted by molar-refractivity contribution is 5.81. The molecule has 2 aromatic rings. The number of aromatic nitrogens is 2. The number of rotatable bonds is 3. The van der Waals surface area contributed by atoms with Crippen LogP contribution in [0.5, 0.6) is 0 Å². The molecule has 1 N–H and O–H groups in total. The molecule has 0 amide bonds. The van der Waals surface area contributed by atoms with E-state index in [4.69, 9.17) is 4.74 Å². The lowest BCUT2D eigenvalue weighted by Gasteiger charge is -2.35. The second kappa shape index (κ2) is 4.62. The van der Waals surface area contributed by atoms with E-state index in [0.29, 0.717) is 6.04 Å². The molecular weight excluding hydrogens is 238 g/mol. The summed E-state index contributed by atoms with van der Waals surface area (Å²) in [5.41, 5.74) is 2.30. The van der Waals surface area contributed by atoms with Gasteiger partial charge in [0.2, 0.25) is 0 Å². The molecule has 0 radical (unpaired) electrons. The molecule has 1 saturated carbocycles. The summed E-state index contributed by atoms with van der Waals surface area (Å²) in [4.78, 5) is 2.57. The number of hydrogen-bond acceptors (Lipinski definition) is 3. The van der Waals surface area contributed by atoms with E-state index in [0.717, 1.165) is 37.7 Å². The Morgan fingerprint density at radius 3 is 3.11 bits per heavy atom. The number of nitrogens with zero attached hydrogens (tertiary/aromatic N) is 2. The topological polar surface area (TPSA) is 41.1 Å². The smallest absolute Gasteiger partial charge is 0.0924 e. The molecule has 2 fully saturated rings. The van der Waals surface area contributed by atoms with E-state index in [-0.39, 0.29) is 0 Å². The van der Waals surface area contributed by atoms with Crippen molar-refractivity contribution in [3.05, 3.63) is 30.0 Å². The van der Waals surface area contributed by atoms with E-state index >= 15 is 0 Å². The zero-order valence-corrected chi connectivity index (χ0v) is 11.0. The molecule has 1 atom stereocenters. The number of H-pyrrole nitrogens is 1. The molecule has 19 heavy (non-hydrogen) atoms. The molecule has 0 spiro atoms. The van der Waals surface area contributed by atoms with Crippen LogP contribution in [0.4, 0.5) is 0 Å². The molecular formula is C15H19N3O. The summed E-state index contributed by atoms with van der Waals surface area (Å²) in [6.45, 7) is 3.76. The maximum Gasteiger partial charge on any atom is 0.0924 e. The van der Waals surface area contributed by atoms with Crippen molar-refractivity contribution in [1.82, 2.24) is 15.1 Å². The molecule has 1 unspecified atom stereocenters. The summed E-state index contributed by atoms with van der Waals surface area (Å²) < 4.78 is 5.65. The van der Waals surface area contributed by atoms with Crippen molar-refractivity contribution in [2.75, 3.05) is 19.8 Å². The highest BCUT2D eigenvalue weighted by Gasteiger charge is 2.37. The highest BCUT2D eigenvalue weighted by Crippen LogP contribution is 2.37. The summed E-state index contributed by atoms with van der Waals surface area (Å²) >= 11 is 0. The SMILES string of the molecule is c1ccc2c(CN3CCOCC3C3CC3)[nH]nc2c1. The van der Waals surface area contributed by atoms with Crippen LogP contribution in [-0.4, -0.2) is 40.9 Å². The predicted octanol–water partition coefficient (Wildman–Crippen LogP) is 2.17.